The Bertz CT molecular complexity index is 1020. The number of nitrogens with zero attached hydrogens (tertiary/aromatic N) is 1. The molecule has 0 saturated heterocycles. The number of benzene rings is 3. The van der Waals surface area contributed by atoms with Gasteiger partial charge >= 0.3 is 0 Å². The topological polar surface area (TPSA) is 30.9 Å². The van der Waals surface area contributed by atoms with E-state index < -0.39 is 0 Å². The predicted molar refractivity (Wildman–Crippen MR) is 179 cm³/mol. The van der Waals surface area contributed by atoms with E-state index in [-0.39, 0.29) is 0 Å². The van der Waals surface area contributed by atoms with Crippen LogP contribution in [0.25, 0.3) is 0 Å². The van der Waals surface area contributed by atoms with Gasteiger partial charge < -0.3 is 19.1 Å². The van der Waals surface area contributed by atoms with Crippen LogP contribution in [0, 0.1) is 0 Å². The Hall–Kier alpha value is -3.14. The molecule has 42 heavy (non-hydrogen) atoms. The summed E-state index contributed by atoms with van der Waals surface area (Å²) in [5, 5.41) is 0. The van der Waals surface area contributed by atoms with E-state index in [4.69, 9.17) is 14.2 Å². The summed E-state index contributed by atoms with van der Waals surface area (Å²) in [5.74, 6) is 2.60. The summed E-state index contributed by atoms with van der Waals surface area (Å²) >= 11 is 0. The van der Waals surface area contributed by atoms with Crippen molar-refractivity contribution < 1.29 is 14.2 Å². The van der Waals surface area contributed by atoms with Crippen LogP contribution in [-0.4, -0.2) is 20.8 Å². The van der Waals surface area contributed by atoms with Crippen LogP contribution in [0.15, 0.2) is 72.8 Å². The smallest absolute Gasteiger partial charge is 0.119 e. The summed E-state index contributed by atoms with van der Waals surface area (Å²) in [6, 6.07) is 24.6. The zero-order chi connectivity index (χ0) is 29.7. The molecular formula is C38H55NO3. The minimum Gasteiger partial charge on any atom is -0.497 e. The van der Waals surface area contributed by atoms with Gasteiger partial charge in [-0.25, -0.2) is 0 Å². The molecule has 3 aromatic carbocycles. The molecule has 3 aromatic rings. The molecule has 0 N–H and O–H groups in total. The van der Waals surface area contributed by atoms with Crippen molar-refractivity contribution in [2.75, 3.05) is 25.7 Å². The Morgan fingerprint density at radius 3 is 1.05 bits per heavy atom. The largest absolute Gasteiger partial charge is 0.497 e. The third-order valence-electron chi connectivity index (χ3n) is 8.02. The number of methoxy groups -OCH3 is 2. The van der Waals surface area contributed by atoms with Crippen molar-refractivity contribution in [3.63, 3.8) is 0 Å². The molecule has 0 saturated carbocycles. The molecule has 3 rings (SSSR count). The van der Waals surface area contributed by atoms with Crippen molar-refractivity contribution in [3.8, 4) is 17.2 Å². The molecule has 0 aliphatic carbocycles. The summed E-state index contributed by atoms with van der Waals surface area (Å²) in [4.78, 5) is 2.22. The average molecular weight is 574 g/mol. The molecule has 0 aliphatic heterocycles. The van der Waals surface area contributed by atoms with Crippen LogP contribution in [0.2, 0.25) is 0 Å². The fourth-order valence-electron chi connectivity index (χ4n) is 5.44. The van der Waals surface area contributed by atoms with Crippen LogP contribution in [0.3, 0.4) is 0 Å². The summed E-state index contributed by atoms with van der Waals surface area (Å²) < 4.78 is 16.8. The van der Waals surface area contributed by atoms with Gasteiger partial charge in [-0.05, 0) is 79.2 Å². The Morgan fingerprint density at radius 1 is 0.405 bits per heavy atom. The summed E-state index contributed by atoms with van der Waals surface area (Å²) in [6.45, 7) is 3.07. The molecule has 0 radical (unpaired) electrons. The first-order valence-corrected chi connectivity index (χ1v) is 16.6. The number of anilines is 3. The second kappa shape index (κ2) is 20.7. The van der Waals surface area contributed by atoms with E-state index in [0.717, 1.165) is 47.3 Å². The van der Waals surface area contributed by atoms with Crippen LogP contribution >= 0.6 is 0 Å². The van der Waals surface area contributed by atoms with E-state index in [1.165, 1.54) is 96.3 Å². The highest BCUT2D eigenvalue weighted by atomic mass is 16.5. The molecule has 0 unspecified atom stereocenters. The van der Waals surface area contributed by atoms with Crippen molar-refractivity contribution in [2.45, 2.75) is 110 Å². The van der Waals surface area contributed by atoms with Gasteiger partial charge in [-0.2, -0.15) is 0 Å². The Morgan fingerprint density at radius 2 is 0.714 bits per heavy atom. The minimum atomic E-state index is 0.776. The molecule has 0 heterocycles. The highest BCUT2D eigenvalue weighted by Crippen LogP contribution is 2.36. The molecule has 0 aromatic heterocycles. The molecular weight excluding hydrogens is 518 g/mol. The standard InChI is InChI=1S/C38H55NO3/c1-4-5-6-7-8-9-10-11-12-13-14-15-16-17-18-19-32-42-38-30-24-35(25-31-38)39(33-20-26-36(40-2)27-21-33)34-22-28-37(41-3)29-23-34/h20-31H,4-19,32H2,1-3H3. The van der Waals surface area contributed by atoms with E-state index in [9.17, 15) is 0 Å². The second-order valence-corrected chi connectivity index (χ2v) is 11.4. The van der Waals surface area contributed by atoms with Crippen LogP contribution in [0.4, 0.5) is 17.1 Å². The van der Waals surface area contributed by atoms with E-state index in [1.807, 2.05) is 24.3 Å². The number of hydrogen-bond donors (Lipinski definition) is 0. The SMILES string of the molecule is CCCCCCCCCCCCCCCCCCOc1ccc(N(c2ccc(OC)cc2)c2ccc(OC)cc2)cc1. The van der Waals surface area contributed by atoms with Gasteiger partial charge in [0.25, 0.3) is 0 Å². The molecule has 230 valence electrons. The van der Waals surface area contributed by atoms with Crippen molar-refractivity contribution in [1.29, 1.82) is 0 Å². The Labute approximate surface area is 256 Å². The van der Waals surface area contributed by atoms with Crippen LogP contribution in [0.1, 0.15) is 110 Å². The quantitative estimate of drug-likeness (QED) is 0.106. The zero-order valence-electron chi connectivity index (χ0n) is 26.6. The summed E-state index contributed by atoms with van der Waals surface area (Å²) in [7, 11) is 3.38. The Balaban J connectivity index is 1.32. The maximum absolute atomic E-state index is 6.08. The highest BCUT2D eigenvalue weighted by Gasteiger charge is 2.13. The molecule has 4 heteroatoms. The van der Waals surface area contributed by atoms with Crippen molar-refractivity contribution in [2.24, 2.45) is 0 Å². The molecule has 0 amide bonds. The molecule has 0 spiro atoms. The van der Waals surface area contributed by atoms with Crippen LogP contribution < -0.4 is 19.1 Å². The van der Waals surface area contributed by atoms with Gasteiger partial charge in [-0.15, -0.1) is 0 Å². The first-order chi connectivity index (χ1) is 20.7. The van der Waals surface area contributed by atoms with E-state index in [1.54, 1.807) is 14.2 Å². The lowest BCUT2D eigenvalue weighted by atomic mass is 10.0. The van der Waals surface area contributed by atoms with Gasteiger partial charge in [0.1, 0.15) is 17.2 Å². The van der Waals surface area contributed by atoms with Gasteiger partial charge in [-0.1, -0.05) is 103 Å². The third kappa shape index (κ3) is 12.4. The molecule has 0 atom stereocenters. The van der Waals surface area contributed by atoms with Gasteiger partial charge in [0.2, 0.25) is 0 Å². The fraction of sp³-hybridized carbons (Fsp3) is 0.526. The third-order valence-corrected chi connectivity index (χ3v) is 8.02. The molecule has 0 aliphatic rings. The monoisotopic (exact) mass is 573 g/mol. The lowest BCUT2D eigenvalue weighted by molar-refractivity contribution is 0.304. The van der Waals surface area contributed by atoms with Gasteiger partial charge in [0.15, 0.2) is 0 Å². The van der Waals surface area contributed by atoms with Crippen LogP contribution in [-0.2, 0) is 0 Å². The molecule has 0 bridgehead atoms. The van der Waals surface area contributed by atoms with Gasteiger partial charge in [0.05, 0.1) is 20.8 Å². The lowest BCUT2D eigenvalue weighted by Gasteiger charge is -2.26. The van der Waals surface area contributed by atoms with E-state index in [0.29, 0.717) is 0 Å². The average Bonchev–Trinajstić information content (AvgIpc) is 3.04. The lowest BCUT2D eigenvalue weighted by Crippen LogP contribution is -2.10. The second-order valence-electron chi connectivity index (χ2n) is 11.4. The number of unbranched alkanes of at least 4 members (excludes halogenated alkanes) is 15. The number of rotatable bonds is 23. The summed E-state index contributed by atoms with van der Waals surface area (Å²) in [6.07, 6.45) is 22.1. The van der Waals surface area contributed by atoms with E-state index >= 15 is 0 Å². The number of ether oxygens (including phenoxy) is 3. The number of hydrogen-bond acceptors (Lipinski definition) is 4. The molecule has 4 nitrogen and oxygen atoms in total. The normalized spacial score (nSPS) is 10.9. The molecule has 0 fully saturated rings. The zero-order valence-corrected chi connectivity index (χ0v) is 26.6. The Kier molecular flexibility index (Phi) is 16.4. The van der Waals surface area contributed by atoms with Gasteiger partial charge in [-0.3, -0.25) is 0 Å². The predicted octanol–water partition coefficient (Wildman–Crippen LogP) is 11.8. The van der Waals surface area contributed by atoms with Crippen molar-refractivity contribution in [1.82, 2.24) is 0 Å². The summed E-state index contributed by atoms with van der Waals surface area (Å²) in [5.41, 5.74) is 3.19. The first kappa shape index (κ1) is 33.4. The first-order valence-electron chi connectivity index (χ1n) is 16.6. The van der Waals surface area contributed by atoms with Gasteiger partial charge in [0, 0.05) is 17.1 Å². The van der Waals surface area contributed by atoms with Crippen LogP contribution in [0.5, 0.6) is 17.2 Å². The minimum absolute atomic E-state index is 0.776. The van der Waals surface area contributed by atoms with E-state index in [2.05, 4.69) is 60.4 Å². The fourth-order valence-corrected chi connectivity index (χ4v) is 5.44. The highest BCUT2D eigenvalue weighted by molar-refractivity contribution is 5.77. The maximum atomic E-state index is 6.08. The maximum Gasteiger partial charge on any atom is 0.119 e. The van der Waals surface area contributed by atoms with Crippen molar-refractivity contribution >= 4 is 17.1 Å². The van der Waals surface area contributed by atoms with Crippen molar-refractivity contribution in [3.05, 3.63) is 72.8 Å².